The Balaban J connectivity index is 1.83. The molecule has 21 heavy (non-hydrogen) atoms. The number of ether oxygens (including phenoxy) is 1. The van der Waals surface area contributed by atoms with Crippen LogP contribution >= 0.6 is 11.8 Å². The standard InChI is InChI=1S/C17H19NO2S/c1-20-15-7-3-13(4-8-15)11-17(19)18-12-14-5-9-16(21-2)10-6-14/h3-10H,11-12H2,1-2H3,(H,18,19). The van der Waals surface area contributed by atoms with Crippen molar-refractivity contribution in [1.29, 1.82) is 0 Å². The summed E-state index contributed by atoms with van der Waals surface area (Å²) >= 11 is 1.71. The van der Waals surface area contributed by atoms with E-state index in [9.17, 15) is 4.79 Å². The van der Waals surface area contributed by atoms with E-state index in [-0.39, 0.29) is 5.91 Å². The molecule has 0 radical (unpaired) electrons. The number of carbonyl (C=O) groups is 1. The molecule has 0 unspecified atom stereocenters. The zero-order valence-electron chi connectivity index (χ0n) is 12.3. The van der Waals surface area contributed by atoms with Crippen molar-refractivity contribution >= 4 is 17.7 Å². The van der Waals surface area contributed by atoms with E-state index in [2.05, 4.69) is 17.4 Å². The molecule has 0 saturated heterocycles. The molecule has 0 heterocycles. The lowest BCUT2D eigenvalue weighted by Gasteiger charge is -2.07. The summed E-state index contributed by atoms with van der Waals surface area (Å²) in [5.74, 6) is 0.821. The summed E-state index contributed by atoms with van der Waals surface area (Å²) in [7, 11) is 1.63. The molecule has 0 saturated carbocycles. The fraction of sp³-hybridized carbons (Fsp3) is 0.235. The molecule has 0 aliphatic carbocycles. The summed E-state index contributed by atoms with van der Waals surface area (Å²) < 4.78 is 5.10. The van der Waals surface area contributed by atoms with Crippen LogP contribution in [0.2, 0.25) is 0 Å². The van der Waals surface area contributed by atoms with Gasteiger partial charge in [-0.3, -0.25) is 4.79 Å². The second kappa shape index (κ2) is 7.74. The normalized spacial score (nSPS) is 10.2. The van der Waals surface area contributed by atoms with E-state index in [1.807, 2.05) is 42.7 Å². The Bertz CT molecular complexity index is 579. The molecule has 0 atom stereocenters. The number of nitrogens with one attached hydrogen (secondary N) is 1. The van der Waals surface area contributed by atoms with E-state index in [1.54, 1.807) is 18.9 Å². The molecule has 0 aliphatic rings. The predicted octanol–water partition coefficient (Wildman–Crippen LogP) is 3.28. The number of carbonyl (C=O) groups excluding carboxylic acids is 1. The largest absolute Gasteiger partial charge is 0.497 e. The minimum Gasteiger partial charge on any atom is -0.497 e. The van der Waals surface area contributed by atoms with Crippen molar-refractivity contribution in [2.24, 2.45) is 0 Å². The van der Waals surface area contributed by atoms with Crippen molar-refractivity contribution in [3.05, 3.63) is 59.7 Å². The Morgan fingerprint density at radius 2 is 1.67 bits per heavy atom. The molecule has 2 aromatic carbocycles. The average molecular weight is 301 g/mol. The Kier molecular flexibility index (Phi) is 5.69. The highest BCUT2D eigenvalue weighted by Crippen LogP contribution is 2.15. The fourth-order valence-electron chi connectivity index (χ4n) is 1.94. The van der Waals surface area contributed by atoms with E-state index >= 15 is 0 Å². The van der Waals surface area contributed by atoms with Gasteiger partial charge in [-0.05, 0) is 41.6 Å². The van der Waals surface area contributed by atoms with Crippen molar-refractivity contribution in [3.8, 4) is 5.75 Å². The maximum atomic E-state index is 11.9. The van der Waals surface area contributed by atoms with Gasteiger partial charge in [-0.1, -0.05) is 24.3 Å². The highest BCUT2D eigenvalue weighted by molar-refractivity contribution is 7.98. The fourth-order valence-corrected chi connectivity index (χ4v) is 2.34. The first-order valence-corrected chi connectivity index (χ1v) is 7.96. The molecule has 1 amide bonds. The van der Waals surface area contributed by atoms with Gasteiger partial charge >= 0.3 is 0 Å². The highest BCUT2D eigenvalue weighted by atomic mass is 32.2. The van der Waals surface area contributed by atoms with E-state index in [0.717, 1.165) is 16.9 Å². The van der Waals surface area contributed by atoms with Gasteiger partial charge in [0.25, 0.3) is 0 Å². The first-order chi connectivity index (χ1) is 10.2. The number of hydrogen-bond acceptors (Lipinski definition) is 3. The number of amides is 1. The topological polar surface area (TPSA) is 38.3 Å². The summed E-state index contributed by atoms with van der Waals surface area (Å²) in [5.41, 5.74) is 2.09. The van der Waals surface area contributed by atoms with E-state index < -0.39 is 0 Å². The summed E-state index contributed by atoms with van der Waals surface area (Å²) in [6.45, 7) is 0.559. The van der Waals surface area contributed by atoms with Crippen LogP contribution in [0.3, 0.4) is 0 Å². The van der Waals surface area contributed by atoms with E-state index in [1.165, 1.54) is 4.90 Å². The van der Waals surface area contributed by atoms with Crippen LogP contribution in [0.1, 0.15) is 11.1 Å². The molecule has 2 aromatic rings. The van der Waals surface area contributed by atoms with Gasteiger partial charge in [0.2, 0.25) is 5.91 Å². The minimum atomic E-state index is 0.0223. The lowest BCUT2D eigenvalue weighted by atomic mass is 10.1. The molecule has 3 nitrogen and oxygen atoms in total. The lowest BCUT2D eigenvalue weighted by molar-refractivity contribution is -0.120. The molecule has 4 heteroatoms. The van der Waals surface area contributed by atoms with Crippen LogP contribution in [0, 0.1) is 0 Å². The van der Waals surface area contributed by atoms with Crippen LogP contribution in [0.5, 0.6) is 5.75 Å². The van der Waals surface area contributed by atoms with Gasteiger partial charge in [0.15, 0.2) is 0 Å². The summed E-state index contributed by atoms with van der Waals surface area (Å²) in [5, 5.41) is 2.94. The third-order valence-electron chi connectivity index (χ3n) is 3.17. The number of thioether (sulfide) groups is 1. The smallest absolute Gasteiger partial charge is 0.224 e. The number of benzene rings is 2. The van der Waals surface area contributed by atoms with Crippen molar-refractivity contribution in [2.75, 3.05) is 13.4 Å². The number of hydrogen-bond donors (Lipinski definition) is 1. The van der Waals surface area contributed by atoms with Crippen LogP contribution in [0.15, 0.2) is 53.4 Å². The van der Waals surface area contributed by atoms with Crippen molar-refractivity contribution in [2.45, 2.75) is 17.9 Å². The molecule has 0 aliphatic heterocycles. The van der Waals surface area contributed by atoms with Gasteiger partial charge in [0, 0.05) is 11.4 Å². The average Bonchev–Trinajstić information content (AvgIpc) is 2.54. The lowest BCUT2D eigenvalue weighted by Crippen LogP contribution is -2.24. The maximum absolute atomic E-state index is 11.9. The molecule has 0 aromatic heterocycles. The van der Waals surface area contributed by atoms with Crippen LogP contribution in [0.4, 0.5) is 0 Å². The van der Waals surface area contributed by atoms with Gasteiger partial charge in [0.1, 0.15) is 5.75 Å². The first-order valence-electron chi connectivity index (χ1n) is 6.74. The van der Waals surface area contributed by atoms with Gasteiger partial charge < -0.3 is 10.1 Å². The summed E-state index contributed by atoms with van der Waals surface area (Å²) in [6, 6.07) is 15.8. The Hall–Kier alpha value is -1.94. The molecule has 2 rings (SSSR count). The van der Waals surface area contributed by atoms with Gasteiger partial charge in [-0.25, -0.2) is 0 Å². The van der Waals surface area contributed by atoms with Crippen molar-refractivity contribution < 1.29 is 9.53 Å². The summed E-state index contributed by atoms with van der Waals surface area (Å²) in [6.07, 6.45) is 2.43. The SMILES string of the molecule is COc1ccc(CC(=O)NCc2ccc(SC)cc2)cc1. The third kappa shape index (κ3) is 4.83. The highest BCUT2D eigenvalue weighted by Gasteiger charge is 2.04. The maximum Gasteiger partial charge on any atom is 0.224 e. The molecular weight excluding hydrogens is 282 g/mol. The number of methoxy groups -OCH3 is 1. The summed E-state index contributed by atoms with van der Waals surface area (Å²) in [4.78, 5) is 13.1. The van der Waals surface area contributed by atoms with Crippen LogP contribution in [0.25, 0.3) is 0 Å². The Labute approximate surface area is 129 Å². The van der Waals surface area contributed by atoms with Crippen LogP contribution < -0.4 is 10.1 Å². The predicted molar refractivity (Wildman–Crippen MR) is 86.8 cm³/mol. The zero-order chi connectivity index (χ0) is 15.1. The third-order valence-corrected chi connectivity index (χ3v) is 3.92. The Morgan fingerprint density at radius 1 is 1.05 bits per heavy atom. The second-order valence-electron chi connectivity index (χ2n) is 4.65. The first kappa shape index (κ1) is 15.4. The minimum absolute atomic E-state index is 0.0223. The molecular formula is C17H19NO2S. The zero-order valence-corrected chi connectivity index (χ0v) is 13.1. The van der Waals surface area contributed by atoms with Gasteiger partial charge in [-0.2, -0.15) is 0 Å². The molecule has 0 fully saturated rings. The van der Waals surface area contributed by atoms with E-state index in [0.29, 0.717) is 13.0 Å². The monoisotopic (exact) mass is 301 g/mol. The van der Waals surface area contributed by atoms with Crippen molar-refractivity contribution in [1.82, 2.24) is 5.32 Å². The van der Waals surface area contributed by atoms with Crippen LogP contribution in [-0.4, -0.2) is 19.3 Å². The molecule has 0 spiro atoms. The van der Waals surface area contributed by atoms with Gasteiger partial charge in [0.05, 0.1) is 13.5 Å². The van der Waals surface area contributed by atoms with Crippen molar-refractivity contribution in [3.63, 3.8) is 0 Å². The quantitative estimate of drug-likeness (QED) is 0.832. The Morgan fingerprint density at radius 3 is 2.24 bits per heavy atom. The molecule has 1 N–H and O–H groups in total. The van der Waals surface area contributed by atoms with E-state index in [4.69, 9.17) is 4.74 Å². The number of rotatable bonds is 6. The molecule has 0 bridgehead atoms. The molecule has 110 valence electrons. The van der Waals surface area contributed by atoms with Crippen LogP contribution in [-0.2, 0) is 17.8 Å². The van der Waals surface area contributed by atoms with Gasteiger partial charge in [-0.15, -0.1) is 11.8 Å². The second-order valence-corrected chi connectivity index (χ2v) is 5.53.